The number of fused-ring (bicyclic) bond motifs is 1. The molecule has 154 valence electrons. The molecule has 3 unspecified atom stereocenters. The summed E-state index contributed by atoms with van der Waals surface area (Å²) in [7, 11) is -3.61. The number of aryl methyl sites for hydroxylation is 1. The van der Waals surface area contributed by atoms with Crippen LogP contribution in [0.2, 0.25) is 0 Å². The lowest BCUT2D eigenvalue weighted by atomic mass is 9.94. The van der Waals surface area contributed by atoms with Gasteiger partial charge in [0.05, 0.1) is 21.5 Å². The molecule has 1 aromatic carbocycles. The summed E-state index contributed by atoms with van der Waals surface area (Å²) in [6, 6.07) is 10.1. The first-order valence-corrected chi connectivity index (χ1v) is 11.4. The van der Waals surface area contributed by atoms with Gasteiger partial charge in [-0.3, -0.25) is 9.78 Å². The maximum atomic E-state index is 12.8. The molecule has 0 bridgehead atoms. The van der Waals surface area contributed by atoms with Crippen molar-refractivity contribution in [1.82, 2.24) is 20.9 Å². The highest BCUT2D eigenvalue weighted by Gasteiger charge is 2.38. The molecular formula is C21H26N4O3S. The highest BCUT2D eigenvalue weighted by molar-refractivity contribution is 7.91. The molecule has 3 N–H and O–H groups in total. The van der Waals surface area contributed by atoms with Gasteiger partial charge in [-0.15, -0.1) is 0 Å². The second-order valence-corrected chi connectivity index (χ2v) is 9.68. The predicted octanol–water partition coefficient (Wildman–Crippen LogP) is 1.18. The highest BCUT2D eigenvalue weighted by atomic mass is 32.2. The Morgan fingerprint density at radius 1 is 1.24 bits per heavy atom. The first-order chi connectivity index (χ1) is 13.9. The molecule has 2 fully saturated rings. The van der Waals surface area contributed by atoms with Crippen molar-refractivity contribution in [3.05, 3.63) is 53.9 Å². The van der Waals surface area contributed by atoms with Gasteiger partial charge in [0.2, 0.25) is 15.7 Å². The lowest BCUT2D eigenvalue weighted by molar-refractivity contribution is -0.123. The fourth-order valence-electron chi connectivity index (χ4n) is 4.18. The summed E-state index contributed by atoms with van der Waals surface area (Å²) >= 11 is 0. The number of piperidine rings is 1. The molecule has 1 amide bonds. The van der Waals surface area contributed by atoms with Crippen LogP contribution in [0.15, 0.2) is 52.4 Å². The molecule has 0 aliphatic carbocycles. The molecule has 2 aliphatic rings. The van der Waals surface area contributed by atoms with Gasteiger partial charge in [-0.1, -0.05) is 12.1 Å². The standard InChI is InChI=1S/C21H26N4O3S/c1-14-20(3-2-9-23-14)29(27,28)17-6-4-15(5-7-17)12-24-21(26)19-11-16-13-22-10-8-18(16)25-19/h2-7,9,16,18-19,22,25H,8,10-13H2,1H3,(H,24,26). The number of sulfone groups is 1. The molecule has 1 aromatic heterocycles. The van der Waals surface area contributed by atoms with Crippen molar-refractivity contribution in [2.75, 3.05) is 13.1 Å². The van der Waals surface area contributed by atoms with Gasteiger partial charge >= 0.3 is 0 Å². The summed E-state index contributed by atoms with van der Waals surface area (Å²) < 4.78 is 25.6. The number of nitrogens with one attached hydrogen (secondary N) is 3. The van der Waals surface area contributed by atoms with Crippen molar-refractivity contribution in [2.45, 2.75) is 48.2 Å². The van der Waals surface area contributed by atoms with Crippen LogP contribution in [0, 0.1) is 12.8 Å². The molecule has 4 rings (SSSR count). The van der Waals surface area contributed by atoms with Crippen LogP contribution >= 0.6 is 0 Å². The van der Waals surface area contributed by atoms with Crippen LogP contribution in [-0.2, 0) is 21.2 Å². The fraction of sp³-hybridized carbons (Fsp3) is 0.429. The van der Waals surface area contributed by atoms with Crippen molar-refractivity contribution >= 4 is 15.7 Å². The molecule has 2 aromatic rings. The normalized spacial score (nSPS) is 24.1. The van der Waals surface area contributed by atoms with Crippen LogP contribution in [0.1, 0.15) is 24.1 Å². The third-order valence-corrected chi connectivity index (χ3v) is 7.73. The van der Waals surface area contributed by atoms with Gasteiger partial charge in [0, 0.05) is 18.8 Å². The van der Waals surface area contributed by atoms with Crippen LogP contribution in [0.3, 0.4) is 0 Å². The van der Waals surface area contributed by atoms with Gasteiger partial charge in [0.15, 0.2) is 0 Å². The van der Waals surface area contributed by atoms with Crippen molar-refractivity contribution in [3.8, 4) is 0 Å². The van der Waals surface area contributed by atoms with E-state index in [9.17, 15) is 13.2 Å². The Morgan fingerprint density at radius 3 is 2.76 bits per heavy atom. The minimum absolute atomic E-state index is 0.00193. The van der Waals surface area contributed by atoms with E-state index < -0.39 is 9.84 Å². The van der Waals surface area contributed by atoms with Gasteiger partial charge < -0.3 is 16.0 Å². The minimum Gasteiger partial charge on any atom is -0.351 e. The Balaban J connectivity index is 1.37. The average Bonchev–Trinajstić information content (AvgIpc) is 3.17. The van der Waals surface area contributed by atoms with Crippen molar-refractivity contribution < 1.29 is 13.2 Å². The first kappa shape index (κ1) is 20.0. The highest BCUT2D eigenvalue weighted by Crippen LogP contribution is 2.25. The van der Waals surface area contributed by atoms with Crippen LogP contribution in [0.4, 0.5) is 0 Å². The van der Waals surface area contributed by atoms with Gasteiger partial charge in [-0.25, -0.2) is 8.42 Å². The second kappa shape index (κ2) is 8.22. The molecule has 2 aliphatic heterocycles. The number of hydrogen-bond donors (Lipinski definition) is 3. The zero-order valence-electron chi connectivity index (χ0n) is 16.4. The molecule has 29 heavy (non-hydrogen) atoms. The number of hydrogen-bond acceptors (Lipinski definition) is 6. The van der Waals surface area contributed by atoms with E-state index in [0.29, 0.717) is 24.2 Å². The summed E-state index contributed by atoms with van der Waals surface area (Å²) in [6.45, 7) is 4.01. The molecule has 8 heteroatoms. The molecule has 3 atom stereocenters. The quantitative estimate of drug-likeness (QED) is 0.679. The topological polar surface area (TPSA) is 100 Å². The number of carbonyl (C=O) groups is 1. The predicted molar refractivity (Wildman–Crippen MR) is 109 cm³/mol. The van der Waals surface area contributed by atoms with Crippen LogP contribution in [0.25, 0.3) is 0 Å². The molecule has 0 spiro atoms. The SMILES string of the molecule is Cc1ncccc1S(=O)(=O)c1ccc(CNC(=O)C2CC3CNCCC3N2)cc1. The summed E-state index contributed by atoms with van der Waals surface area (Å²) in [5.74, 6) is 0.516. The van der Waals surface area contributed by atoms with E-state index in [1.807, 2.05) is 0 Å². The van der Waals surface area contributed by atoms with Gasteiger partial charge in [0.25, 0.3) is 0 Å². The average molecular weight is 415 g/mol. The number of benzene rings is 1. The lowest BCUT2D eigenvalue weighted by Crippen LogP contribution is -2.45. The number of pyridine rings is 1. The van der Waals surface area contributed by atoms with Crippen LogP contribution < -0.4 is 16.0 Å². The van der Waals surface area contributed by atoms with E-state index in [0.717, 1.165) is 31.5 Å². The molecule has 0 radical (unpaired) electrons. The fourth-order valence-corrected chi connectivity index (χ4v) is 5.63. The Morgan fingerprint density at radius 2 is 2.03 bits per heavy atom. The zero-order valence-corrected chi connectivity index (χ0v) is 17.2. The largest absolute Gasteiger partial charge is 0.351 e. The second-order valence-electron chi connectivity index (χ2n) is 7.77. The third kappa shape index (κ3) is 4.19. The van der Waals surface area contributed by atoms with E-state index in [4.69, 9.17) is 0 Å². The van der Waals surface area contributed by atoms with Crippen LogP contribution in [0.5, 0.6) is 0 Å². The van der Waals surface area contributed by atoms with Crippen molar-refractivity contribution in [3.63, 3.8) is 0 Å². The van der Waals surface area contributed by atoms with E-state index in [-0.39, 0.29) is 21.7 Å². The molecule has 7 nitrogen and oxygen atoms in total. The molecule has 3 heterocycles. The van der Waals surface area contributed by atoms with E-state index in [1.165, 1.54) is 0 Å². The maximum Gasteiger partial charge on any atom is 0.237 e. The summed E-state index contributed by atoms with van der Waals surface area (Å²) in [4.78, 5) is 17.0. The number of nitrogens with zero attached hydrogens (tertiary/aromatic N) is 1. The zero-order chi connectivity index (χ0) is 20.4. The number of amides is 1. The summed E-state index contributed by atoms with van der Waals surface area (Å²) in [5, 5.41) is 9.79. The number of carbonyl (C=O) groups excluding carboxylic acids is 1. The monoisotopic (exact) mass is 414 g/mol. The van der Waals surface area contributed by atoms with E-state index >= 15 is 0 Å². The Kier molecular flexibility index (Phi) is 5.67. The summed E-state index contributed by atoms with van der Waals surface area (Å²) in [6.07, 6.45) is 3.48. The van der Waals surface area contributed by atoms with Gasteiger partial charge in [-0.2, -0.15) is 0 Å². The Labute approximate surface area is 171 Å². The van der Waals surface area contributed by atoms with E-state index in [1.54, 1.807) is 49.5 Å². The number of aromatic nitrogens is 1. The molecule has 2 saturated heterocycles. The number of rotatable bonds is 5. The smallest absolute Gasteiger partial charge is 0.237 e. The first-order valence-electron chi connectivity index (χ1n) is 9.95. The van der Waals surface area contributed by atoms with Gasteiger partial charge in [-0.05, 0) is 68.6 Å². The molecular weight excluding hydrogens is 388 g/mol. The third-order valence-electron chi connectivity index (χ3n) is 5.83. The lowest BCUT2D eigenvalue weighted by Gasteiger charge is -2.25. The Bertz CT molecular complexity index is 977. The van der Waals surface area contributed by atoms with E-state index in [2.05, 4.69) is 20.9 Å². The Hall–Kier alpha value is -2.29. The molecule has 0 saturated carbocycles. The van der Waals surface area contributed by atoms with Crippen molar-refractivity contribution in [2.24, 2.45) is 5.92 Å². The van der Waals surface area contributed by atoms with Crippen LogP contribution in [-0.4, -0.2) is 44.5 Å². The maximum absolute atomic E-state index is 12.8. The summed E-state index contributed by atoms with van der Waals surface area (Å²) in [5.41, 5.74) is 1.33. The minimum atomic E-state index is -3.61. The van der Waals surface area contributed by atoms with Gasteiger partial charge in [0.1, 0.15) is 0 Å². The van der Waals surface area contributed by atoms with Crippen molar-refractivity contribution in [1.29, 1.82) is 0 Å².